The summed E-state index contributed by atoms with van der Waals surface area (Å²) in [6.07, 6.45) is 1.07. The van der Waals surface area contributed by atoms with Crippen molar-refractivity contribution in [1.29, 1.82) is 5.26 Å². The molecule has 0 bridgehead atoms. The Labute approximate surface area is 78.4 Å². The SMILES string of the molecule is CCc1ccc(N2CC2C#N)cc1. The highest BCUT2D eigenvalue weighted by Gasteiger charge is 2.33. The smallest absolute Gasteiger partial charge is 0.134 e. The van der Waals surface area contributed by atoms with Crippen LogP contribution >= 0.6 is 0 Å². The van der Waals surface area contributed by atoms with Gasteiger partial charge in [0.2, 0.25) is 0 Å². The van der Waals surface area contributed by atoms with Crippen molar-refractivity contribution < 1.29 is 0 Å². The van der Waals surface area contributed by atoms with E-state index in [4.69, 9.17) is 5.26 Å². The molecule has 66 valence electrons. The Balaban J connectivity index is 2.12. The van der Waals surface area contributed by atoms with Crippen LogP contribution in [0.25, 0.3) is 0 Å². The molecule has 0 spiro atoms. The summed E-state index contributed by atoms with van der Waals surface area (Å²) in [4.78, 5) is 2.10. The van der Waals surface area contributed by atoms with E-state index >= 15 is 0 Å². The Morgan fingerprint density at radius 2 is 2.15 bits per heavy atom. The predicted octanol–water partition coefficient (Wildman–Crippen LogP) is 1.96. The standard InChI is InChI=1S/C11H12N2/c1-2-9-3-5-10(6-4-9)13-8-11(13)7-12/h3-6,11H,2,8H2,1H3. The number of aryl methyl sites for hydroxylation is 1. The van der Waals surface area contributed by atoms with Gasteiger partial charge in [0.15, 0.2) is 0 Å². The van der Waals surface area contributed by atoms with Crippen LogP contribution in [0.4, 0.5) is 5.69 Å². The first kappa shape index (κ1) is 8.12. The number of nitriles is 1. The molecule has 13 heavy (non-hydrogen) atoms. The van der Waals surface area contributed by atoms with Gasteiger partial charge in [0.05, 0.1) is 12.6 Å². The van der Waals surface area contributed by atoms with Gasteiger partial charge < -0.3 is 4.90 Å². The number of rotatable bonds is 2. The predicted molar refractivity (Wildman–Crippen MR) is 52.6 cm³/mol. The van der Waals surface area contributed by atoms with E-state index in [0.29, 0.717) is 0 Å². The maximum atomic E-state index is 8.65. The topological polar surface area (TPSA) is 26.8 Å². The summed E-state index contributed by atoms with van der Waals surface area (Å²) in [7, 11) is 0. The van der Waals surface area contributed by atoms with Gasteiger partial charge in [-0.3, -0.25) is 0 Å². The molecule has 1 atom stereocenters. The molecule has 1 aromatic rings. The molecule has 0 aromatic heterocycles. The number of anilines is 1. The van der Waals surface area contributed by atoms with Crippen LogP contribution in [-0.4, -0.2) is 12.6 Å². The average molecular weight is 172 g/mol. The van der Waals surface area contributed by atoms with Crippen LogP contribution in [0.3, 0.4) is 0 Å². The molecule has 2 heteroatoms. The molecular weight excluding hydrogens is 160 g/mol. The summed E-state index contributed by atoms with van der Waals surface area (Å²) in [6, 6.07) is 10.8. The van der Waals surface area contributed by atoms with Crippen molar-refractivity contribution in [2.75, 3.05) is 11.4 Å². The first-order valence-electron chi connectivity index (χ1n) is 4.60. The van der Waals surface area contributed by atoms with E-state index in [1.807, 2.05) is 0 Å². The molecule has 0 N–H and O–H groups in total. The largest absolute Gasteiger partial charge is 0.351 e. The Kier molecular flexibility index (Phi) is 1.94. The van der Waals surface area contributed by atoms with Crippen LogP contribution in [0.5, 0.6) is 0 Å². The van der Waals surface area contributed by atoms with Crippen molar-refractivity contribution in [3.05, 3.63) is 29.8 Å². The van der Waals surface area contributed by atoms with Gasteiger partial charge in [-0.1, -0.05) is 19.1 Å². The van der Waals surface area contributed by atoms with Crippen molar-refractivity contribution in [2.24, 2.45) is 0 Å². The monoisotopic (exact) mass is 172 g/mol. The van der Waals surface area contributed by atoms with Crippen LogP contribution in [0, 0.1) is 11.3 Å². The second-order valence-electron chi connectivity index (χ2n) is 3.32. The van der Waals surface area contributed by atoms with Gasteiger partial charge in [-0.15, -0.1) is 0 Å². The van der Waals surface area contributed by atoms with Gasteiger partial charge in [0.1, 0.15) is 6.04 Å². The second kappa shape index (κ2) is 3.10. The highest BCUT2D eigenvalue weighted by molar-refractivity contribution is 5.56. The third-order valence-corrected chi connectivity index (χ3v) is 2.44. The van der Waals surface area contributed by atoms with Gasteiger partial charge in [-0.25, -0.2) is 0 Å². The first-order valence-corrected chi connectivity index (χ1v) is 4.60. The lowest BCUT2D eigenvalue weighted by Gasteiger charge is -2.03. The van der Waals surface area contributed by atoms with E-state index in [-0.39, 0.29) is 6.04 Å². The molecule has 0 radical (unpaired) electrons. The van der Waals surface area contributed by atoms with Gasteiger partial charge in [-0.2, -0.15) is 5.26 Å². The molecule has 2 rings (SSSR count). The molecule has 1 aliphatic rings. The maximum Gasteiger partial charge on any atom is 0.134 e. The Morgan fingerprint density at radius 1 is 1.46 bits per heavy atom. The van der Waals surface area contributed by atoms with Crippen LogP contribution in [0.15, 0.2) is 24.3 Å². The zero-order chi connectivity index (χ0) is 9.26. The lowest BCUT2D eigenvalue weighted by molar-refractivity contribution is 1.14. The number of hydrogen-bond donors (Lipinski definition) is 0. The number of nitrogens with zero attached hydrogens (tertiary/aromatic N) is 2. The third-order valence-electron chi connectivity index (χ3n) is 2.44. The van der Waals surface area contributed by atoms with E-state index in [1.54, 1.807) is 0 Å². The number of benzene rings is 1. The van der Waals surface area contributed by atoms with Crippen LogP contribution in [0.1, 0.15) is 12.5 Å². The second-order valence-corrected chi connectivity index (χ2v) is 3.32. The molecule has 1 fully saturated rings. The van der Waals surface area contributed by atoms with Crippen molar-refractivity contribution in [1.82, 2.24) is 0 Å². The van der Waals surface area contributed by atoms with Gasteiger partial charge in [-0.05, 0) is 24.1 Å². The molecule has 0 saturated carbocycles. The third kappa shape index (κ3) is 1.50. The minimum atomic E-state index is 0.118. The van der Waals surface area contributed by atoms with Crippen molar-refractivity contribution in [3.8, 4) is 6.07 Å². The van der Waals surface area contributed by atoms with E-state index < -0.39 is 0 Å². The molecule has 1 heterocycles. The van der Waals surface area contributed by atoms with E-state index in [0.717, 1.165) is 13.0 Å². The van der Waals surface area contributed by atoms with Crippen molar-refractivity contribution in [3.63, 3.8) is 0 Å². The lowest BCUT2D eigenvalue weighted by atomic mass is 10.1. The van der Waals surface area contributed by atoms with Gasteiger partial charge >= 0.3 is 0 Å². The minimum Gasteiger partial charge on any atom is -0.351 e. The highest BCUT2D eigenvalue weighted by atomic mass is 15.3. The lowest BCUT2D eigenvalue weighted by Crippen LogP contribution is -1.96. The van der Waals surface area contributed by atoms with Gasteiger partial charge in [0, 0.05) is 5.69 Å². The summed E-state index contributed by atoms with van der Waals surface area (Å²) >= 11 is 0. The maximum absolute atomic E-state index is 8.65. The molecule has 0 aliphatic carbocycles. The average Bonchev–Trinajstić information content (AvgIpc) is 2.97. The summed E-state index contributed by atoms with van der Waals surface area (Å²) in [5, 5.41) is 8.65. The summed E-state index contributed by atoms with van der Waals surface area (Å²) in [5.41, 5.74) is 2.52. The normalized spacial score (nSPS) is 19.7. The summed E-state index contributed by atoms with van der Waals surface area (Å²) < 4.78 is 0. The Bertz CT molecular complexity index is 334. The van der Waals surface area contributed by atoms with Crippen LogP contribution in [0.2, 0.25) is 0 Å². The minimum absolute atomic E-state index is 0.118. The van der Waals surface area contributed by atoms with Crippen molar-refractivity contribution in [2.45, 2.75) is 19.4 Å². The fraction of sp³-hybridized carbons (Fsp3) is 0.364. The Morgan fingerprint density at radius 3 is 2.62 bits per heavy atom. The zero-order valence-electron chi connectivity index (χ0n) is 7.70. The number of hydrogen-bond acceptors (Lipinski definition) is 2. The molecule has 1 aromatic carbocycles. The van der Waals surface area contributed by atoms with E-state index in [2.05, 4.69) is 42.2 Å². The van der Waals surface area contributed by atoms with E-state index in [1.165, 1.54) is 11.3 Å². The Hall–Kier alpha value is -1.49. The highest BCUT2D eigenvalue weighted by Crippen LogP contribution is 2.27. The molecule has 2 nitrogen and oxygen atoms in total. The molecule has 1 aliphatic heterocycles. The van der Waals surface area contributed by atoms with Crippen molar-refractivity contribution >= 4 is 5.69 Å². The quantitative estimate of drug-likeness (QED) is 0.637. The first-order chi connectivity index (χ1) is 6.35. The fourth-order valence-electron chi connectivity index (χ4n) is 1.46. The van der Waals surface area contributed by atoms with Crippen LogP contribution < -0.4 is 4.90 Å². The molecular formula is C11H12N2. The zero-order valence-corrected chi connectivity index (χ0v) is 7.70. The molecule has 0 amide bonds. The summed E-state index contributed by atoms with van der Waals surface area (Å²) in [6.45, 7) is 3.03. The fourth-order valence-corrected chi connectivity index (χ4v) is 1.46. The van der Waals surface area contributed by atoms with Gasteiger partial charge in [0.25, 0.3) is 0 Å². The molecule has 1 unspecified atom stereocenters. The summed E-state index contributed by atoms with van der Waals surface area (Å²) in [5.74, 6) is 0. The molecule has 1 saturated heterocycles. The van der Waals surface area contributed by atoms with Crippen LogP contribution in [-0.2, 0) is 6.42 Å². The van der Waals surface area contributed by atoms with E-state index in [9.17, 15) is 0 Å².